The Morgan fingerprint density at radius 1 is 1.24 bits per heavy atom. The molecule has 2 aromatic rings. The zero-order valence-electron chi connectivity index (χ0n) is 14.4. The summed E-state index contributed by atoms with van der Waals surface area (Å²) in [4.78, 5) is 17.0. The summed E-state index contributed by atoms with van der Waals surface area (Å²) < 4.78 is 5.33. The van der Waals surface area contributed by atoms with Crippen LogP contribution in [0.2, 0.25) is 5.02 Å². The molecule has 1 aromatic carbocycles. The molecular formula is C18H23ClN4O2. The molecule has 6 nitrogen and oxygen atoms in total. The Bertz CT molecular complexity index is 711. The van der Waals surface area contributed by atoms with Crippen LogP contribution in [0.25, 0.3) is 0 Å². The highest BCUT2D eigenvalue weighted by Gasteiger charge is 2.19. The fourth-order valence-corrected chi connectivity index (χ4v) is 3.09. The van der Waals surface area contributed by atoms with Crippen LogP contribution >= 0.6 is 11.6 Å². The Hall–Kier alpha value is -1.89. The first-order valence-electron chi connectivity index (χ1n) is 8.57. The molecule has 3 rings (SSSR count). The Kier molecular flexibility index (Phi) is 6.07. The quantitative estimate of drug-likeness (QED) is 0.855. The first-order valence-corrected chi connectivity index (χ1v) is 8.95. The van der Waals surface area contributed by atoms with Crippen molar-refractivity contribution >= 4 is 17.5 Å². The van der Waals surface area contributed by atoms with Crippen LogP contribution in [0.5, 0.6) is 0 Å². The number of hydrogen-bond acceptors (Lipinski definition) is 5. The third kappa shape index (κ3) is 4.81. The summed E-state index contributed by atoms with van der Waals surface area (Å²) in [6, 6.07) is 9.15. The zero-order valence-corrected chi connectivity index (χ0v) is 15.1. The van der Waals surface area contributed by atoms with Gasteiger partial charge in [0.2, 0.25) is 0 Å². The number of rotatable bonds is 6. The zero-order chi connectivity index (χ0) is 17.6. The van der Waals surface area contributed by atoms with Crippen LogP contribution in [0.3, 0.4) is 0 Å². The number of aromatic nitrogens is 1. The molecule has 1 N–H and O–H groups in total. The summed E-state index contributed by atoms with van der Waals surface area (Å²) >= 11 is 6.09. The maximum atomic E-state index is 12.2. The van der Waals surface area contributed by atoms with Crippen LogP contribution in [0.1, 0.15) is 28.7 Å². The molecule has 0 spiro atoms. The number of carbonyl (C=O) groups is 1. The van der Waals surface area contributed by atoms with Crippen LogP contribution in [0.15, 0.2) is 34.9 Å². The largest absolute Gasteiger partial charge is 0.359 e. The number of likely N-dealkylation sites (N-methyl/N-ethyl adjacent to an activating group) is 1. The predicted molar refractivity (Wildman–Crippen MR) is 96.5 cm³/mol. The van der Waals surface area contributed by atoms with Gasteiger partial charge in [-0.1, -0.05) is 41.9 Å². The molecule has 0 radical (unpaired) electrons. The molecule has 0 unspecified atom stereocenters. The number of halogens is 1. The van der Waals surface area contributed by atoms with Gasteiger partial charge in [0.05, 0.1) is 6.54 Å². The molecular weight excluding hydrogens is 340 g/mol. The first kappa shape index (κ1) is 17.9. The van der Waals surface area contributed by atoms with Crippen LogP contribution in [0, 0.1) is 0 Å². The summed E-state index contributed by atoms with van der Waals surface area (Å²) in [5.41, 5.74) is 1.17. The Morgan fingerprint density at radius 3 is 2.68 bits per heavy atom. The van der Waals surface area contributed by atoms with Gasteiger partial charge in [-0.15, -0.1) is 0 Å². The maximum absolute atomic E-state index is 12.2. The molecule has 1 aromatic heterocycles. The maximum Gasteiger partial charge on any atom is 0.273 e. The molecule has 25 heavy (non-hydrogen) atoms. The molecule has 1 aliphatic rings. The third-order valence-corrected chi connectivity index (χ3v) is 4.85. The van der Waals surface area contributed by atoms with E-state index in [2.05, 4.69) is 27.2 Å². The van der Waals surface area contributed by atoms with Crippen molar-refractivity contribution in [2.45, 2.75) is 20.0 Å². The van der Waals surface area contributed by atoms with Gasteiger partial charge in [0.15, 0.2) is 11.5 Å². The van der Waals surface area contributed by atoms with E-state index >= 15 is 0 Å². The van der Waals surface area contributed by atoms with E-state index in [1.807, 2.05) is 18.2 Å². The summed E-state index contributed by atoms with van der Waals surface area (Å²) in [6.07, 6.45) is 0. The van der Waals surface area contributed by atoms with Gasteiger partial charge in [-0.05, 0) is 18.2 Å². The van der Waals surface area contributed by atoms with Gasteiger partial charge in [0, 0.05) is 43.8 Å². The normalized spacial score (nSPS) is 16.1. The van der Waals surface area contributed by atoms with E-state index in [9.17, 15) is 4.79 Å². The van der Waals surface area contributed by atoms with Crippen molar-refractivity contribution in [2.75, 3.05) is 32.7 Å². The lowest BCUT2D eigenvalue weighted by Gasteiger charge is -2.33. The smallest absolute Gasteiger partial charge is 0.273 e. The van der Waals surface area contributed by atoms with E-state index in [4.69, 9.17) is 16.1 Å². The van der Waals surface area contributed by atoms with E-state index < -0.39 is 0 Å². The van der Waals surface area contributed by atoms with Gasteiger partial charge in [-0.2, -0.15) is 0 Å². The van der Waals surface area contributed by atoms with Crippen molar-refractivity contribution in [3.63, 3.8) is 0 Å². The second-order valence-corrected chi connectivity index (χ2v) is 6.57. The molecule has 1 saturated heterocycles. The number of piperazine rings is 1. The Balaban J connectivity index is 1.51. The molecule has 1 aliphatic heterocycles. The van der Waals surface area contributed by atoms with Crippen LogP contribution in [0.4, 0.5) is 0 Å². The van der Waals surface area contributed by atoms with Crippen LogP contribution in [-0.2, 0) is 13.1 Å². The topological polar surface area (TPSA) is 61.6 Å². The van der Waals surface area contributed by atoms with E-state index in [1.54, 1.807) is 12.1 Å². The van der Waals surface area contributed by atoms with Crippen molar-refractivity contribution < 1.29 is 9.32 Å². The van der Waals surface area contributed by atoms with Crippen molar-refractivity contribution in [1.82, 2.24) is 20.3 Å². The lowest BCUT2D eigenvalue weighted by molar-refractivity contribution is 0.0941. The van der Waals surface area contributed by atoms with Gasteiger partial charge in [-0.3, -0.25) is 9.69 Å². The minimum absolute atomic E-state index is 0.259. The molecule has 1 fully saturated rings. The number of benzene rings is 1. The number of nitrogens with zero attached hydrogens (tertiary/aromatic N) is 3. The molecule has 7 heteroatoms. The monoisotopic (exact) mass is 362 g/mol. The summed E-state index contributed by atoms with van der Waals surface area (Å²) in [5.74, 6) is 0.457. The SMILES string of the molecule is CCN1CCN(Cc2cc(C(=O)NCc3ccccc3Cl)no2)CC1. The average Bonchev–Trinajstić information content (AvgIpc) is 3.10. The lowest BCUT2D eigenvalue weighted by Crippen LogP contribution is -2.45. The van der Waals surface area contributed by atoms with Gasteiger partial charge >= 0.3 is 0 Å². The predicted octanol–water partition coefficient (Wildman–Crippen LogP) is 2.40. The summed E-state index contributed by atoms with van der Waals surface area (Å²) in [6.45, 7) is 8.45. The van der Waals surface area contributed by atoms with E-state index in [0.717, 1.165) is 38.3 Å². The van der Waals surface area contributed by atoms with E-state index in [0.29, 0.717) is 29.6 Å². The lowest BCUT2D eigenvalue weighted by atomic mass is 10.2. The van der Waals surface area contributed by atoms with Crippen molar-refractivity contribution in [2.24, 2.45) is 0 Å². The van der Waals surface area contributed by atoms with Crippen molar-refractivity contribution in [1.29, 1.82) is 0 Å². The Morgan fingerprint density at radius 2 is 1.96 bits per heavy atom. The average molecular weight is 363 g/mol. The minimum Gasteiger partial charge on any atom is -0.359 e. The molecule has 0 atom stereocenters. The highest BCUT2D eigenvalue weighted by atomic mass is 35.5. The highest BCUT2D eigenvalue weighted by molar-refractivity contribution is 6.31. The third-order valence-electron chi connectivity index (χ3n) is 4.48. The fraction of sp³-hybridized carbons (Fsp3) is 0.444. The number of nitrogens with one attached hydrogen (secondary N) is 1. The molecule has 134 valence electrons. The minimum atomic E-state index is -0.259. The van der Waals surface area contributed by atoms with Gasteiger partial charge < -0.3 is 14.7 Å². The number of hydrogen-bond donors (Lipinski definition) is 1. The van der Waals surface area contributed by atoms with E-state index in [1.165, 1.54) is 0 Å². The summed E-state index contributed by atoms with van der Waals surface area (Å²) in [5, 5.41) is 7.34. The second kappa shape index (κ2) is 8.47. The van der Waals surface area contributed by atoms with Crippen LogP contribution < -0.4 is 5.32 Å². The summed E-state index contributed by atoms with van der Waals surface area (Å²) in [7, 11) is 0. The van der Waals surface area contributed by atoms with Gasteiger partial charge in [-0.25, -0.2) is 0 Å². The molecule has 0 bridgehead atoms. The standard InChI is InChI=1S/C18H23ClN4O2/c1-2-22-7-9-23(10-8-22)13-15-11-17(21-25-15)18(24)20-12-14-5-3-4-6-16(14)19/h3-6,11H,2,7-10,12-13H2,1H3,(H,20,24). The number of amides is 1. The fourth-order valence-electron chi connectivity index (χ4n) is 2.89. The Labute approximate surface area is 152 Å². The van der Waals surface area contributed by atoms with Crippen LogP contribution in [-0.4, -0.2) is 53.6 Å². The van der Waals surface area contributed by atoms with Crippen molar-refractivity contribution in [3.05, 3.63) is 52.4 Å². The molecule has 0 aliphatic carbocycles. The molecule has 2 heterocycles. The van der Waals surface area contributed by atoms with Crippen molar-refractivity contribution in [3.8, 4) is 0 Å². The van der Waals surface area contributed by atoms with Gasteiger partial charge in [0.1, 0.15) is 0 Å². The van der Waals surface area contributed by atoms with E-state index in [-0.39, 0.29) is 5.91 Å². The second-order valence-electron chi connectivity index (χ2n) is 6.16. The highest BCUT2D eigenvalue weighted by Crippen LogP contribution is 2.15. The molecule has 0 saturated carbocycles. The molecule has 1 amide bonds. The first-order chi connectivity index (χ1) is 12.2. The number of carbonyl (C=O) groups excluding carboxylic acids is 1. The van der Waals surface area contributed by atoms with Gasteiger partial charge in [0.25, 0.3) is 5.91 Å².